The Bertz CT molecular complexity index is 505. The van der Waals surface area contributed by atoms with E-state index in [4.69, 9.17) is 0 Å². The second-order valence-electron chi connectivity index (χ2n) is 7.26. The molecule has 3 fully saturated rings. The van der Waals surface area contributed by atoms with Crippen LogP contribution < -0.4 is 5.32 Å². The van der Waals surface area contributed by atoms with Crippen molar-refractivity contribution in [2.45, 2.75) is 57.0 Å². The van der Waals surface area contributed by atoms with Crippen LogP contribution in [0.5, 0.6) is 0 Å². The maximum absolute atomic E-state index is 12.9. The highest BCUT2D eigenvalue weighted by Gasteiger charge is 2.41. The van der Waals surface area contributed by atoms with Crippen molar-refractivity contribution in [3.8, 4) is 0 Å². The van der Waals surface area contributed by atoms with Gasteiger partial charge in [0.25, 0.3) is 0 Å². The van der Waals surface area contributed by atoms with Crippen LogP contribution in [0.15, 0.2) is 0 Å². The van der Waals surface area contributed by atoms with Crippen molar-refractivity contribution >= 4 is 15.7 Å². The lowest BCUT2D eigenvalue weighted by atomic mass is 9.96. The van der Waals surface area contributed by atoms with Crippen LogP contribution in [0.25, 0.3) is 0 Å². The number of carbonyl (C=O) groups is 1. The zero-order valence-corrected chi connectivity index (χ0v) is 14.3. The molecule has 2 aliphatic heterocycles. The lowest BCUT2D eigenvalue weighted by Crippen LogP contribution is -2.50. The second-order valence-corrected chi connectivity index (χ2v) is 9.57. The molecule has 3 aliphatic rings. The van der Waals surface area contributed by atoms with Crippen LogP contribution in [-0.4, -0.2) is 56.4 Å². The van der Waals surface area contributed by atoms with Gasteiger partial charge in [-0.1, -0.05) is 6.42 Å². The summed E-state index contributed by atoms with van der Waals surface area (Å²) in [6.45, 7) is 0.758. The zero-order valence-electron chi connectivity index (χ0n) is 13.5. The molecule has 1 saturated carbocycles. The van der Waals surface area contributed by atoms with Gasteiger partial charge < -0.3 is 10.2 Å². The number of likely N-dealkylation sites (N-methyl/N-ethyl adjacent to an activating group) is 1. The number of amides is 1. The van der Waals surface area contributed by atoms with Gasteiger partial charge in [-0.25, -0.2) is 8.42 Å². The van der Waals surface area contributed by atoms with Crippen LogP contribution in [0.1, 0.15) is 44.9 Å². The number of hydrogen-bond acceptors (Lipinski definition) is 4. The first kappa shape index (κ1) is 16.2. The van der Waals surface area contributed by atoms with E-state index in [1.807, 2.05) is 7.05 Å². The maximum Gasteiger partial charge on any atom is 0.239 e. The minimum Gasteiger partial charge on any atom is -0.338 e. The number of sulfone groups is 1. The SMILES string of the molecule is CNC1CCC2CCCC2N(CC2CCS(=O)(=O)CC2)C1=O. The summed E-state index contributed by atoms with van der Waals surface area (Å²) in [4.78, 5) is 15.0. The van der Waals surface area contributed by atoms with E-state index in [0.29, 0.717) is 42.2 Å². The Morgan fingerprint density at radius 1 is 1.09 bits per heavy atom. The molecule has 1 N–H and O–H groups in total. The van der Waals surface area contributed by atoms with Gasteiger partial charge in [0.2, 0.25) is 5.91 Å². The Balaban J connectivity index is 1.72. The van der Waals surface area contributed by atoms with Crippen molar-refractivity contribution in [3.05, 3.63) is 0 Å². The second kappa shape index (κ2) is 6.48. The van der Waals surface area contributed by atoms with E-state index in [0.717, 1.165) is 25.8 Å². The number of nitrogens with zero attached hydrogens (tertiary/aromatic N) is 1. The predicted octanol–water partition coefficient (Wildman–Crippen LogP) is 1.19. The summed E-state index contributed by atoms with van der Waals surface area (Å²) in [5.41, 5.74) is 0. The van der Waals surface area contributed by atoms with Gasteiger partial charge in [-0.2, -0.15) is 0 Å². The summed E-state index contributed by atoms with van der Waals surface area (Å²) in [6.07, 6.45) is 7.09. The smallest absolute Gasteiger partial charge is 0.239 e. The molecule has 0 spiro atoms. The minimum atomic E-state index is -2.83. The molecule has 2 saturated heterocycles. The molecule has 5 nitrogen and oxygen atoms in total. The Kier molecular flexibility index (Phi) is 4.78. The normalized spacial score (nSPS) is 36.1. The molecular formula is C16H28N2O3S. The van der Waals surface area contributed by atoms with Crippen molar-refractivity contribution in [1.82, 2.24) is 10.2 Å². The number of nitrogens with one attached hydrogen (secondary N) is 1. The zero-order chi connectivity index (χ0) is 15.7. The maximum atomic E-state index is 12.9. The quantitative estimate of drug-likeness (QED) is 0.845. The molecule has 1 aliphatic carbocycles. The molecule has 1 amide bonds. The van der Waals surface area contributed by atoms with E-state index in [9.17, 15) is 13.2 Å². The molecular weight excluding hydrogens is 300 g/mol. The molecule has 126 valence electrons. The fourth-order valence-electron chi connectivity index (χ4n) is 4.52. The lowest BCUT2D eigenvalue weighted by molar-refractivity contribution is -0.136. The molecule has 6 heteroatoms. The Morgan fingerprint density at radius 3 is 2.50 bits per heavy atom. The van der Waals surface area contributed by atoms with Crippen molar-refractivity contribution in [1.29, 1.82) is 0 Å². The summed E-state index contributed by atoms with van der Waals surface area (Å²) in [5.74, 6) is 1.83. The Labute approximate surface area is 133 Å². The summed E-state index contributed by atoms with van der Waals surface area (Å²) in [5, 5.41) is 3.18. The van der Waals surface area contributed by atoms with Gasteiger partial charge in [-0.15, -0.1) is 0 Å². The molecule has 2 heterocycles. The van der Waals surface area contributed by atoms with Gasteiger partial charge in [0.15, 0.2) is 0 Å². The first-order chi connectivity index (χ1) is 10.5. The van der Waals surface area contributed by atoms with Gasteiger partial charge in [-0.05, 0) is 57.4 Å². The minimum absolute atomic E-state index is 0.0575. The van der Waals surface area contributed by atoms with Gasteiger partial charge in [-0.3, -0.25) is 4.79 Å². The third kappa shape index (κ3) is 3.32. The monoisotopic (exact) mass is 328 g/mol. The van der Waals surface area contributed by atoms with E-state index in [-0.39, 0.29) is 11.9 Å². The highest BCUT2D eigenvalue weighted by atomic mass is 32.2. The van der Waals surface area contributed by atoms with Crippen LogP contribution in [0.4, 0.5) is 0 Å². The first-order valence-electron chi connectivity index (χ1n) is 8.68. The van der Waals surface area contributed by atoms with E-state index in [1.54, 1.807) is 0 Å². The van der Waals surface area contributed by atoms with Crippen molar-refractivity contribution < 1.29 is 13.2 Å². The first-order valence-corrected chi connectivity index (χ1v) is 10.5. The van der Waals surface area contributed by atoms with E-state index < -0.39 is 9.84 Å². The molecule has 22 heavy (non-hydrogen) atoms. The molecule has 0 aromatic rings. The van der Waals surface area contributed by atoms with Gasteiger partial charge in [0.1, 0.15) is 9.84 Å². The van der Waals surface area contributed by atoms with Crippen LogP contribution in [-0.2, 0) is 14.6 Å². The number of rotatable bonds is 3. The molecule has 0 bridgehead atoms. The number of carbonyl (C=O) groups excluding carboxylic acids is 1. The highest BCUT2D eigenvalue weighted by Crippen LogP contribution is 2.37. The highest BCUT2D eigenvalue weighted by molar-refractivity contribution is 7.91. The number of likely N-dealkylation sites (tertiary alicyclic amines) is 1. The summed E-state index contributed by atoms with van der Waals surface area (Å²) in [6, 6.07) is 0.335. The summed E-state index contributed by atoms with van der Waals surface area (Å²) in [7, 11) is -0.956. The molecule has 0 radical (unpaired) electrons. The Morgan fingerprint density at radius 2 is 1.82 bits per heavy atom. The van der Waals surface area contributed by atoms with Crippen LogP contribution in [0, 0.1) is 11.8 Å². The summed E-state index contributed by atoms with van der Waals surface area (Å²) >= 11 is 0. The Hall–Kier alpha value is -0.620. The standard InChI is InChI=1S/C16H28N2O3S/c1-17-14-6-5-13-3-2-4-15(13)18(16(14)19)11-12-7-9-22(20,21)10-8-12/h12-15,17H,2-11H2,1H3. The van der Waals surface area contributed by atoms with Crippen LogP contribution in [0.2, 0.25) is 0 Å². The van der Waals surface area contributed by atoms with Crippen LogP contribution in [0.3, 0.4) is 0 Å². The molecule has 3 atom stereocenters. The number of hydrogen-bond donors (Lipinski definition) is 1. The van der Waals surface area contributed by atoms with E-state index >= 15 is 0 Å². The predicted molar refractivity (Wildman–Crippen MR) is 86.3 cm³/mol. The fourth-order valence-corrected chi connectivity index (χ4v) is 6.11. The largest absolute Gasteiger partial charge is 0.338 e. The number of fused-ring (bicyclic) bond motifs is 1. The average molecular weight is 328 g/mol. The van der Waals surface area contributed by atoms with Gasteiger partial charge in [0.05, 0.1) is 17.5 Å². The van der Waals surface area contributed by atoms with Crippen molar-refractivity contribution in [3.63, 3.8) is 0 Å². The molecule has 3 rings (SSSR count). The third-order valence-corrected chi connectivity index (χ3v) is 7.62. The van der Waals surface area contributed by atoms with E-state index in [2.05, 4.69) is 10.2 Å². The fraction of sp³-hybridized carbons (Fsp3) is 0.938. The molecule has 0 aromatic heterocycles. The third-order valence-electron chi connectivity index (χ3n) is 5.90. The average Bonchev–Trinajstić information content (AvgIpc) is 2.90. The van der Waals surface area contributed by atoms with Crippen molar-refractivity contribution in [2.24, 2.45) is 11.8 Å². The van der Waals surface area contributed by atoms with Crippen molar-refractivity contribution in [2.75, 3.05) is 25.1 Å². The summed E-state index contributed by atoms with van der Waals surface area (Å²) < 4.78 is 23.2. The van der Waals surface area contributed by atoms with Gasteiger partial charge >= 0.3 is 0 Å². The van der Waals surface area contributed by atoms with Gasteiger partial charge in [0, 0.05) is 12.6 Å². The molecule has 0 aromatic carbocycles. The van der Waals surface area contributed by atoms with E-state index in [1.165, 1.54) is 12.8 Å². The van der Waals surface area contributed by atoms with Crippen LogP contribution >= 0.6 is 0 Å². The molecule has 3 unspecified atom stereocenters. The topological polar surface area (TPSA) is 66.5 Å². The lowest BCUT2D eigenvalue weighted by Gasteiger charge is -2.36.